The molecule has 0 saturated heterocycles. The zero-order valence-corrected chi connectivity index (χ0v) is 22.4. The van der Waals surface area contributed by atoms with Crippen LogP contribution < -0.4 is 15.0 Å². The highest BCUT2D eigenvalue weighted by Gasteiger charge is 2.41. The maximum atomic E-state index is 12.8. The first-order valence-corrected chi connectivity index (χ1v) is 13.3. The van der Waals surface area contributed by atoms with Gasteiger partial charge in [-0.1, -0.05) is 60.7 Å². The summed E-state index contributed by atoms with van der Waals surface area (Å²) in [6.07, 6.45) is 8.08. The lowest BCUT2D eigenvalue weighted by Gasteiger charge is -2.43. The topological polar surface area (TPSA) is 80.8 Å². The number of ether oxygens (including phenoxy) is 2. The minimum Gasteiger partial charge on any atom is -0.466 e. The van der Waals surface area contributed by atoms with Crippen molar-refractivity contribution < 1.29 is 19.1 Å². The molecule has 1 N–H and O–H groups in total. The van der Waals surface area contributed by atoms with Crippen LogP contribution in [0.3, 0.4) is 0 Å². The minimum atomic E-state index is -0.557. The summed E-state index contributed by atoms with van der Waals surface area (Å²) in [5.74, 6) is 0.302. The lowest BCUT2D eigenvalue weighted by Crippen LogP contribution is -2.52. The zero-order valence-electron chi connectivity index (χ0n) is 22.4. The Balaban J connectivity index is 1.38. The van der Waals surface area contributed by atoms with Crippen molar-refractivity contribution >= 4 is 17.7 Å². The van der Waals surface area contributed by atoms with Crippen LogP contribution in [0.15, 0.2) is 84.6 Å². The van der Waals surface area contributed by atoms with Gasteiger partial charge in [-0.3, -0.25) is 9.69 Å². The van der Waals surface area contributed by atoms with Crippen molar-refractivity contribution in [3.63, 3.8) is 0 Å². The normalized spacial score (nSPS) is 17.3. The van der Waals surface area contributed by atoms with E-state index in [0.29, 0.717) is 11.6 Å². The fraction of sp³-hybridized carbons (Fsp3) is 0.281. The molecule has 1 aliphatic heterocycles. The van der Waals surface area contributed by atoms with Gasteiger partial charge >= 0.3 is 6.09 Å². The number of carbonyl (C=O) groups excluding carboxylic acids is 2. The molecule has 2 aromatic carbocycles. The van der Waals surface area contributed by atoms with Crippen molar-refractivity contribution in [3.05, 3.63) is 90.2 Å². The van der Waals surface area contributed by atoms with Gasteiger partial charge in [-0.05, 0) is 69.4 Å². The lowest BCUT2D eigenvalue weighted by atomic mass is 9.71. The number of pyridine rings is 1. The summed E-state index contributed by atoms with van der Waals surface area (Å²) in [7, 11) is 0. The molecule has 1 fully saturated rings. The Kier molecular flexibility index (Phi) is 6.02. The summed E-state index contributed by atoms with van der Waals surface area (Å²) in [5, 5.41) is 3.13. The number of benzene rings is 2. The number of nitrogens with one attached hydrogen (secondary N) is 1. The summed E-state index contributed by atoms with van der Waals surface area (Å²) in [5.41, 5.74) is 5.09. The number of hydrogen-bond acceptors (Lipinski definition) is 5. The summed E-state index contributed by atoms with van der Waals surface area (Å²) in [4.78, 5) is 32.0. The van der Waals surface area contributed by atoms with Crippen molar-refractivity contribution in [2.75, 3.05) is 11.5 Å². The molecule has 6 rings (SSSR count). The zero-order chi connectivity index (χ0) is 27.2. The Morgan fingerprint density at radius 1 is 1.05 bits per heavy atom. The lowest BCUT2D eigenvalue weighted by molar-refractivity contribution is -0.120. The van der Waals surface area contributed by atoms with E-state index >= 15 is 0 Å². The third kappa shape index (κ3) is 4.69. The Labute approximate surface area is 228 Å². The second-order valence-corrected chi connectivity index (χ2v) is 11.2. The summed E-state index contributed by atoms with van der Waals surface area (Å²) in [6, 6.07) is 20.2. The number of allylic oxidation sites excluding steroid dienone is 3. The Morgan fingerprint density at radius 3 is 2.36 bits per heavy atom. The third-order valence-electron chi connectivity index (χ3n) is 7.33. The molecule has 0 radical (unpaired) electrons. The van der Waals surface area contributed by atoms with Crippen LogP contribution in [0.5, 0.6) is 5.88 Å². The minimum absolute atomic E-state index is 0.0624. The average Bonchev–Trinajstić information content (AvgIpc) is 2.86. The molecule has 2 amide bonds. The smallest absolute Gasteiger partial charge is 0.408 e. The van der Waals surface area contributed by atoms with Gasteiger partial charge in [0.05, 0.1) is 11.2 Å². The van der Waals surface area contributed by atoms with Gasteiger partial charge in [-0.2, -0.15) is 0 Å². The molecule has 0 atom stereocenters. The van der Waals surface area contributed by atoms with E-state index in [1.165, 1.54) is 0 Å². The van der Waals surface area contributed by atoms with Crippen molar-refractivity contribution in [1.29, 1.82) is 0 Å². The molecule has 2 heterocycles. The van der Waals surface area contributed by atoms with Gasteiger partial charge in [-0.15, -0.1) is 0 Å². The summed E-state index contributed by atoms with van der Waals surface area (Å²) >= 11 is 0. The number of nitrogens with zero attached hydrogens (tertiary/aromatic N) is 2. The summed E-state index contributed by atoms with van der Waals surface area (Å²) in [6.45, 7) is 5.53. The van der Waals surface area contributed by atoms with E-state index in [0.717, 1.165) is 52.9 Å². The Hall–Kier alpha value is -4.39. The SMILES string of the molecule is CC(C)(C)OC(=O)NC1(c2ccc(-c3nc4c(cc3-c3ccccc3)N(C3=CC=C3)C(=O)CO4)cc2)CCC1. The van der Waals surface area contributed by atoms with Crippen LogP contribution in [-0.2, 0) is 15.1 Å². The first kappa shape index (κ1) is 24.9. The number of anilines is 1. The maximum Gasteiger partial charge on any atom is 0.408 e. The van der Waals surface area contributed by atoms with Gasteiger partial charge in [-0.25, -0.2) is 9.78 Å². The second-order valence-electron chi connectivity index (χ2n) is 11.2. The average molecular weight is 522 g/mol. The van der Waals surface area contributed by atoms with Crippen molar-refractivity contribution in [2.45, 2.75) is 51.2 Å². The van der Waals surface area contributed by atoms with Gasteiger partial charge < -0.3 is 14.8 Å². The predicted octanol–water partition coefficient (Wildman–Crippen LogP) is 6.50. The van der Waals surface area contributed by atoms with Gasteiger partial charge in [0.2, 0.25) is 5.88 Å². The highest BCUT2D eigenvalue weighted by atomic mass is 16.6. The molecule has 3 aromatic rings. The number of rotatable bonds is 5. The molecule has 7 heteroatoms. The predicted molar refractivity (Wildman–Crippen MR) is 150 cm³/mol. The molecular formula is C32H31N3O4. The quantitative estimate of drug-likeness (QED) is 0.415. The van der Waals surface area contributed by atoms with Crippen LogP contribution in [0, 0.1) is 0 Å². The molecule has 1 saturated carbocycles. The van der Waals surface area contributed by atoms with E-state index in [4.69, 9.17) is 14.5 Å². The largest absolute Gasteiger partial charge is 0.466 e. The maximum absolute atomic E-state index is 12.8. The van der Waals surface area contributed by atoms with Gasteiger partial charge in [0, 0.05) is 16.8 Å². The van der Waals surface area contributed by atoms with Gasteiger partial charge in [0.15, 0.2) is 6.61 Å². The molecule has 7 nitrogen and oxygen atoms in total. The fourth-order valence-corrected chi connectivity index (χ4v) is 5.22. The van der Waals surface area contributed by atoms with Crippen LogP contribution in [0.1, 0.15) is 45.6 Å². The van der Waals surface area contributed by atoms with Crippen LogP contribution in [0.4, 0.5) is 10.5 Å². The van der Waals surface area contributed by atoms with Crippen molar-refractivity contribution in [3.8, 4) is 28.3 Å². The first-order chi connectivity index (χ1) is 18.7. The van der Waals surface area contributed by atoms with E-state index in [-0.39, 0.29) is 12.5 Å². The van der Waals surface area contributed by atoms with E-state index in [9.17, 15) is 9.59 Å². The molecule has 39 heavy (non-hydrogen) atoms. The molecule has 0 spiro atoms. The Bertz CT molecular complexity index is 1500. The molecule has 198 valence electrons. The fourth-order valence-electron chi connectivity index (χ4n) is 5.22. The standard InChI is InChI=1S/C32H31N3O4/c1-31(2,3)39-30(37)34-32(17-8-18-32)23-15-13-22(14-16-23)28-25(21-9-5-4-6-10-21)19-26-29(33-28)38-20-27(36)35(26)24-11-7-12-24/h4-7,9-16,19H,8,17-18,20H2,1-3H3,(H,34,37). The highest BCUT2D eigenvalue weighted by Crippen LogP contribution is 2.44. The van der Waals surface area contributed by atoms with E-state index < -0.39 is 17.2 Å². The molecule has 0 unspecified atom stereocenters. The Morgan fingerprint density at radius 2 is 1.77 bits per heavy atom. The number of amides is 2. The number of alkyl carbamates (subject to hydrolysis) is 1. The van der Waals surface area contributed by atoms with Gasteiger partial charge in [0.25, 0.3) is 5.91 Å². The van der Waals surface area contributed by atoms with Crippen molar-refractivity contribution in [1.82, 2.24) is 10.3 Å². The molecule has 2 aliphatic carbocycles. The molecule has 1 aromatic heterocycles. The van der Waals surface area contributed by atoms with E-state index in [2.05, 4.69) is 17.4 Å². The monoisotopic (exact) mass is 521 g/mol. The first-order valence-electron chi connectivity index (χ1n) is 13.3. The molecule has 3 aliphatic rings. The van der Waals surface area contributed by atoms with E-state index in [1.54, 1.807) is 4.90 Å². The van der Waals surface area contributed by atoms with Crippen LogP contribution in [-0.4, -0.2) is 29.2 Å². The third-order valence-corrected chi connectivity index (χ3v) is 7.33. The van der Waals surface area contributed by atoms with Crippen LogP contribution in [0.25, 0.3) is 22.4 Å². The number of aromatic nitrogens is 1. The summed E-state index contributed by atoms with van der Waals surface area (Å²) < 4.78 is 11.3. The number of fused-ring (bicyclic) bond motifs is 1. The van der Waals surface area contributed by atoms with E-state index in [1.807, 2.05) is 87.5 Å². The molecular weight excluding hydrogens is 490 g/mol. The number of carbonyl (C=O) groups is 2. The van der Waals surface area contributed by atoms with Crippen LogP contribution >= 0.6 is 0 Å². The second kappa shape index (κ2) is 9.42. The van der Waals surface area contributed by atoms with Crippen LogP contribution in [0.2, 0.25) is 0 Å². The highest BCUT2D eigenvalue weighted by molar-refractivity contribution is 6.03. The van der Waals surface area contributed by atoms with Gasteiger partial charge in [0.1, 0.15) is 11.3 Å². The molecule has 0 bridgehead atoms. The number of hydrogen-bond donors (Lipinski definition) is 1. The van der Waals surface area contributed by atoms with Crippen molar-refractivity contribution in [2.24, 2.45) is 0 Å².